The second-order valence-corrected chi connectivity index (χ2v) is 12.7. The minimum absolute atomic E-state index is 0.112. The molecule has 8 heteroatoms. The van der Waals surface area contributed by atoms with E-state index in [4.69, 9.17) is 14.5 Å². The van der Waals surface area contributed by atoms with Gasteiger partial charge in [0.05, 0.1) is 6.04 Å². The molecule has 0 aromatic heterocycles. The third kappa shape index (κ3) is 6.39. The molecule has 37 heavy (non-hydrogen) atoms. The Balaban J connectivity index is 1.00. The monoisotopic (exact) mass is 526 g/mol. The van der Waals surface area contributed by atoms with Crippen LogP contribution < -0.4 is 14.8 Å². The molecule has 4 heterocycles. The molecule has 1 N–H and O–H groups in total. The number of likely N-dealkylation sites (tertiary alicyclic amines) is 2. The van der Waals surface area contributed by atoms with Gasteiger partial charge in [0.1, 0.15) is 13.2 Å². The van der Waals surface area contributed by atoms with E-state index in [9.17, 15) is 4.79 Å². The maximum atomic E-state index is 13.1. The number of nitrogens with zero attached hydrogens (tertiary/aromatic N) is 3. The van der Waals surface area contributed by atoms with Crippen LogP contribution in [0.3, 0.4) is 0 Å². The van der Waals surface area contributed by atoms with Crippen molar-refractivity contribution in [1.29, 1.82) is 0 Å². The molecule has 0 bridgehead atoms. The number of nitrogens with one attached hydrogen (secondary N) is 1. The van der Waals surface area contributed by atoms with Gasteiger partial charge < -0.3 is 24.6 Å². The Morgan fingerprint density at radius 3 is 2.76 bits per heavy atom. The number of hydrogen-bond acceptors (Lipinski definition) is 7. The number of carbonyl (C=O) groups is 1. The minimum atomic E-state index is 0.112. The van der Waals surface area contributed by atoms with E-state index in [0.717, 1.165) is 62.3 Å². The Morgan fingerprint density at radius 1 is 1.05 bits per heavy atom. The van der Waals surface area contributed by atoms with Crippen molar-refractivity contribution in [2.45, 2.75) is 81.5 Å². The van der Waals surface area contributed by atoms with Gasteiger partial charge in [-0.05, 0) is 81.6 Å². The average Bonchev–Trinajstić information content (AvgIpc) is 3.68. The van der Waals surface area contributed by atoms with Crippen molar-refractivity contribution in [2.24, 2.45) is 10.9 Å². The number of amides is 1. The molecule has 1 amide bonds. The van der Waals surface area contributed by atoms with Crippen LogP contribution in [0.5, 0.6) is 11.5 Å². The van der Waals surface area contributed by atoms with E-state index in [0.29, 0.717) is 31.6 Å². The third-order valence-corrected chi connectivity index (χ3v) is 10.1. The molecule has 7 nitrogen and oxygen atoms in total. The van der Waals surface area contributed by atoms with Gasteiger partial charge in [-0.2, -0.15) is 0 Å². The first kappa shape index (κ1) is 25.4. The molecule has 1 aliphatic carbocycles. The molecule has 5 aliphatic rings. The fourth-order valence-corrected chi connectivity index (χ4v) is 8.06. The van der Waals surface area contributed by atoms with Crippen LogP contribution in [-0.4, -0.2) is 84.1 Å². The minimum Gasteiger partial charge on any atom is -0.486 e. The van der Waals surface area contributed by atoms with Crippen LogP contribution in [0.25, 0.3) is 0 Å². The van der Waals surface area contributed by atoms with Crippen LogP contribution in [0.1, 0.15) is 63.4 Å². The maximum Gasteiger partial charge on any atom is 0.220 e. The molecule has 1 aromatic carbocycles. The summed E-state index contributed by atoms with van der Waals surface area (Å²) in [5.41, 5.74) is 1.19. The van der Waals surface area contributed by atoms with Gasteiger partial charge in [0, 0.05) is 37.3 Å². The lowest BCUT2D eigenvalue weighted by molar-refractivity contribution is -0.122. The van der Waals surface area contributed by atoms with E-state index in [1.54, 1.807) is 0 Å². The highest BCUT2D eigenvalue weighted by atomic mass is 32.2. The number of amidine groups is 1. The number of carbonyl (C=O) groups excluding carboxylic acids is 1. The van der Waals surface area contributed by atoms with E-state index >= 15 is 0 Å². The topological polar surface area (TPSA) is 66.4 Å². The second kappa shape index (κ2) is 11.9. The molecule has 1 aromatic rings. The van der Waals surface area contributed by atoms with Crippen LogP contribution in [0.2, 0.25) is 0 Å². The van der Waals surface area contributed by atoms with Gasteiger partial charge in [-0.25, -0.2) is 0 Å². The first-order valence-corrected chi connectivity index (χ1v) is 15.5. The zero-order valence-electron chi connectivity index (χ0n) is 22.0. The van der Waals surface area contributed by atoms with Gasteiger partial charge in [0.2, 0.25) is 5.91 Å². The summed E-state index contributed by atoms with van der Waals surface area (Å²) in [6.07, 6.45) is 11.4. The number of hydrogen-bond donors (Lipinski definition) is 1. The second-order valence-electron chi connectivity index (χ2n) is 11.5. The fourth-order valence-electron chi connectivity index (χ4n) is 6.64. The number of ether oxygens (including phenoxy) is 2. The quantitative estimate of drug-likeness (QED) is 0.550. The Labute approximate surface area is 225 Å². The normalized spacial score (nSPS) is 28.2. The molecule has 0 radical (unpaired) electrons. The molecule has 6 rings (SSSR count). The molecule has 3 fully saturated rings. The maximum absolute atomic E-state index is 13.1. The molecule has 202 valence electrons. The predicted octanol–water partition coefficient (Wildman–Crippen LogP) is 4.10. The summed E-state index contributed by atoms with van der Waals surface area (Å²) in [5, 5.41) is 5.41. The van der Waals surface area contributed by atoms with E-state index in [-0.39, 0.29) is 11.9 Å². The largest absolute Gasteiger partial charge is 0.486 e. The summed E-state index contributed by atoms with van der Waals surface area (Å²) in [7, 11) is 0. The Morgan fingerprint density at radius 2 is 1.89 bits per heavy atom. The number of thioether (sulfide) groups is 1. The number of aliphatic imine (C=N–C) groups is 1. The fraction of sp³-hybridized carbons (Fsp3) is 0.724. The van der Waals surface area contributed by atoms with Crippen molar-refractivity contribution in [3.8, 4) is 11.5 Å². The number of benzene rings is 1. The lowest BCUT2D eigenvalue weighted by atomic mass is 9.96. The SMILES string of the molecule is O=C(CCC1CCN(C2=NC3CCCCC3S2)C1)NC(Cc1ccc2c(c1)OCCO2)CN1CCCC1. The van der Waals surface area contributed by atoms with E-state index < -0.39 is 0 Å². The molecule has 4 unspecified atom stereocenters. The summed E-state index contributed by atoms with van der Waals surface area (Å²) in [6, 6.07) is 6.88. The van der Waals surface area contributed by atoms with Crippen LogP contribution in [0, 0.1) is 5.92 Å². The Bertz CT molecular complexity index is 982. The van der Waals surface area contributed by atoms with Gasteiger partial charge in [-0.3, -0.25) is 9.79 Å². The van der Waals surface area contributed by atoms with Gasteiger partial charge in [0.25, 0.3) is 0 Å². The standard InChI is InChI=1S/C29H42N4O3S/c34-28(10-8-21-11-14-33(19-21)29-31-24-5-1-2-6-27(24)37-29)30-23(20-32-12-3-4-13-32)17-22-7-9-25-26(18-22)36-16-15-35-25/h7,9,18,21,23-24,27H,1-6,8,10-17,19-20H2,(H,30,34). The first-order chi connectivity index (χ1) is 18.2. The molecular formula is C29H42N4O3S. The van der Waals surface area contributed by atoms with Crippen LogP contribution in [-0.2, 0) is 11.2 Å². The zero-order chi connectivity index (χ0) is 25.0. The number of fused-ring (bicyclic) bond motifs is 2. The van der Waals surface area contributed by atoms with Crippen molar-refractivity contribution in [2.75, 3.05) is 45.9 Å². The third-order valence-electron chi connectivity index (χ3n) is 8.67. The first-order valence-electron chi connectivity index (χ1n) is 14.6. The predicted molar refractivity (Wildman–Crippen MR) is 149 cm³/mol. The van der Waals surface area contributed by atoms with E-state index in [1.807, 2.05) is 17.8 Å². The van der Waals surface area contributed by atoms with Gasteiger partial charge in [0.15, 0.2) is 16.7 Å². The summed E-state index contributed by atoms with van der Waals surface area (Å²) in [6.45, 7) is 6.54. The summed E-state index contributed by atoms with van der Waals surface area (Å²) < 4.78 is 11.5. The highest BCUT2D eigenvalue weighted by molar-refractivity contribution is 8.14. The molecule has 2 saturated heterocycles. The van der Waals surface area contributed by atoms with E-state index in [1.165, 1.54) is 55.7 Å². The van der Waals surface area contributed by atoms with Crippen molar-refractivity contribution < 1.29 is 14.3 Å². The van der Waals surface area contributed by atoms with Gasteiger partial charge in [-0.1, -0.05) is 30.7 Å². The van der Waals surface area contributed by atoms with Crippen molar-refractivity contribution >= 4 is 22.8 Å². The smallest absolute Gasteiger partial charge is 0.220 e. The van der Waals surface area contributed by atoms with E-state index in [2.05, 4.69) is 27.2 Å². The average molecular weight is 527 g/mol. The lowest BCUT2D eigenvalue weighted by Crippen LogP contribution is -2.44. The summed E-state index contributed by atoms with van der Waals surface area (Å²) in [5.74, 6) is 2.43. The molecular weight excluding hydrogens is 484 g/mol. The van der Waals surface area contributed by atoms with Crippen molar-refractivity contribution in [1.82, 2.24) is 15.1 Å². The highest BCUT2D eigenvalue weighted by Gasteiger charge is 2.36. The summed E-state index contributed by atoms with van der Waals surface area (Å²) >= 11 is 2.03. The zero-order valence-corrected chi connectivity index (χ0v) is 22.9. The molecule has 4 aliphatic heterocycles. The van der Waals surface area contributed by atoms with Crippen molar-refractivity contribution in [3.05, 3.63) is 23.8 Å². The van der Waals surface area contributed by atoms with Crippen LogP contribution in [0.4, 0.5) is 0 Å². The van der Waals surface area contributed by atoms with Crippen LogP contribution in [0.15, 0.2) is 23.2 Å². The lowest BCUT2D eigenvalue weighted by Gasteiger charge is -2.26. The van der Waals surface area contributed by atoms with Crippen LogP contribution >= 0.6 is 11.8 Å². The van der Waals surface area contributed by atoms with Crippen molar-refractivity contribution in [3.63, 3.8) is 0 Å². The highest BCUT2D eigenvalue weighted by Crippen LogP contribution is 2.39. The molecule has 4 atom stereocenters. The number of rotatable bonds is 8. The molecule has 0 spiro atoms. The Hall–Kier alpha value is -1.93. The molecule has 1 saturated carbocycles. The summed E-state index contributed by atoms with van der Waals surface area (Å²) in [4.78, 5) is 23.2. The van der Waals surface area contributed by atoms with Gasteiger partial charge in [-0.15, -0.1) is 0 Å². The Kier molecular flexibility index (Phi) is 8.12. The van der Waals surface area contributed by atoms with Gasteiger partial charge >= 0.3 is 0 Å².